The van der Waals surface area contributed by atoms with E-state index in [1.165, 1.54) is 12.1 Å². The first-order valence-corrected chi connectivity index (χ1v) is 6.18. The number of halogens is 1. The number of nitrogens with one attached hydrogen (secondary N) is 1. The lowest BCUT2D eigenvalue weighted by molar-refractivity contribution is -0.385. The number of benzene rings is 1. The summed E-state index contributed by atoms with van der Waals surface area (Å²) in [5.41, 5.74) is 0.736. The third-order valence-electron chi connectivity index (χ3n) is 2.13. The molecule has 0 bridgehead atoms. The molecule has 5 nitrogen and oxygen atoms in total. The van der Waals surface area contributed by atoms with Gasteiger partial charge in [0, 0.05) is 28.2 Å². The van der Waals surface area contributed by atoms with Crippen LogP contribution in [0.25, 0.3) is 0 Å². The number of carbonyl (C=O) groups is 1. The number of nitro benzene ring substituents is 1. The number of amides is 1. The minimum atomic E-state index is -0.482. The molecule has 0 saturated heterocycles. The maximum atomic E-state index is 11.7. The van der Waals surface area contributed by atoms with Crippen molar-refractivity contribution in [1.29, 1.82) is 0 Å². The van der Waals surface area contributed by atoms with E-state index >= 15 is 0 Å². The zero-order valence-corrected chi connectivity index (χ0v) is 10.9. The summed E-state index contributed by atoms with van der Waals surface area (Å²) in [5.74, 6) is -0.266. The summed E-state index contributed by atoms with van der Waals surface area (Å²) >= 11 is 2.14. The third kappa shape index (κ3) is 2.91. The highest BCUT2D eigenvalue weighted by Crippen LogP contribution is 2.20. The summed E-state index contributed by atoms with van der Waals surface area (Å²) in [6.45, 7) is 2.14. The molecule has 1 amide bonds. The fourth-order valence-electron chi connectivity index (χ4n) is 1.32. The van der Waals surface area contributed by atoms with Crippen molar-refractivity contribution >= 4 is 34.2 Å². The zero-order valence-electron chi connectivity index (χ0n) is 8.70. The van der Waals surface area contributed by atoms with E-state index in [2.05, 4.69) is 27.9 Å². The van der Waals surface area contributed by atoms with Crippen LogP contribution in [0.1, 0.15) is 15.9 Å². The van der Waals surface area contributed by atoms with E-state index in [1.54, 1.807) is 13.0 Å². The number of rotatable bonds is 4. The Morgan fingerprint density at radius 1 is 1.56 bits per heavy atom. The molecule has 1 N–H and O–H groups in total. The van der Waals surface area contributed by atoms with Gasteiger partial charge in [-0.15, -0.1) is 0 Å². The van der Waals surface area contributed by atoms with Crippen molar-refractivity contribution in [2.75, 3.05) is 11.0 Å². The fraction of sp³-hybridized carbons (Fsp3) is 0.300. The molecule has 1 aromatic carbocycles. The quantitative estimate of drug-likeness (QED) is 0.397. The number of nitrogens with zero attached hydrogens (tertiary/aromatic N) is 1. The molecule has 0 heterocycles. The van der Waals surface area contributed by atoms with Crippen LogP contribution in [0.4, 0.5) is 5.69 Å². The van der Waals surface area contributed by atoms with Gasteiger partial charge in [-0.3, -0.25) is 14.9 Å². The molecule has 0 fully saturated rings. The van der Waals surface area contributed by atoms with Gasteiger partial charge in [0.15, 0.2) is 0 Å². The van der Waals surface area contributed by atoms with Crippen molar-refractivity contribution in [3.63, 3.8) is 0 Å². The van der Waals surface area contributed by atoms with Crippen LogP contribution < -0.4 is 5.32 Å². The lowest BCUT2D eigenvalue weighted by Crippen LogP contribution is -2.26. The maximum absolute atomic E-state index is 11.7. The fourth-order valence-corrected chi connectivity index (χ4v) is 1.59. The molecule has 0 saturated carbocycles. The van der Waals surface area contributed by atoms with Crippen molar-refractivity contribution in [1.82, 2.24) is 5.32 Å². The Morgan fingerprint density at radius 2 is 2.25 bits per heavy atom. The monoisotopic (exact) mass is 334 g/mol. The molecule has 0 aromatic heterocycles. The molecule has 1 rings (SSSR count). The smallest absolute Gasteiger partial charge is 0.273 e. The summed E-state index contributed by atoms with van der Waals surface area (Å²) in [6, 6.07) is 4.50. The molecule has 0 aliphatic carbocycles. The molecule has 0 aliphatic heterocycles. The molecule has 86 valence electrons. The van der Waals surface area contributed by atoms with Crippen LogP contribution in [0.5, 0.6) is 0 Å². The Balaban J connectivity index is 3.01. The average Bonchev–Trinajstić information content (AvgIpc) is 2.25. The lowest BCUT2D eigenvalue weighted by Gasteiger charge is -2.06. The summed E-state index contributed by atoms with van der Waals surface area (Å²) in [7, 11) is 0. The van der Waals surface area contributed by atoms with Crippen LogP contribution in [0.2, 0.25) is 0 Å². The first-order valence-electron chi connectivity index (χ1n) is 4.66. The normalized spacial score (nSPS) is 9.88. The van der Waals surface area contributed by atoms with Crippen molar-refractivity contribution < 1.29 is 9.72 Å². The van der Waals surface area contributed by atoms with E-state index in [-0.39, 0.29) is 11.6 Å². The Kier molecular flexibility index (Phi) is 4.66. The van der Waals surface area contributed by atoms with Crippen molar-refractivity contribution in [3.8, 4) is 0 Å². The van der Waals surface area contributed by atoms with Gasteiger partial charge in [-0.2, -0.15) is 0 Å². The van der Waals surface area contributed by atoms with E-state index in [0.29, 0.717) is 17.7 Å². The molecular weight excluding hydrogens is 323 g/mol. The molecule has 6 heteroatoms. The standard InChI is InChI=1S/C10H11IN2O3/c1-7-8(10(14)12-6-5-11)3-2-4-9(7)13(15)16/h2-4H,5-6H2,1H3,(H,12,14). The van der Waals surface area contributed by atoms with Crippen LogP contribution in [-0.2, 0) is 0 Å². The molecule has 1 aromatic rings. The molecule has 0 aliphatic rings. The number of hydrogen-bond donors (Lipinski definition) is 1. The number of nitro groups is 1. The van der Waals surface area contributed by atoms with E-state index in [9.17, 15) is 14.9 Å². The van der Waals surface area contributed by atoms with Gasteiger partial charge in [-0.05, 0) is 13.0 Å². The van der Waals surface area contributed by atoms with Crippen molar-refractivity contribution in [3.05, 3.63) is 39.4 Å². The summed E-state index contributed by atoms with van der Waals surface area (Å²) < 4.78 is 0.803. The van der Waals surface area contributed by atoms with Gasteiger partial charge >= 0.3 is 0 Å². The highest BCUT2D eigenvalue weighted by atomic mass is 127. The molecule has 0 radical (unpaired) electrons. The second kappa shape index (κ2) is 5.78. The van der Waals surface area contributed by atoms with Gasteiger partial charge < -0.3 is 5.32 Å². The summed E-state index contributed by atoms with van der Waals surface area (Å²) in [5, 5.41) is 13.4. The molecular formula is C10H11IN2O3. The van der Waals surface area contributed by atoms with Crippen LogP contribution in [-0.4, -0.2) is 21.8 Å². The SMILES string of the molecule is Cc1c(C(=O)NCCI)cccc1[N+](=O)[O-]. The number of carbonyl (C=O) groups excluding carboxylic acids is 1. The predicted octanol–water partition coefficient (Wildman–Crippen LogP) is 2.07. The van der Waals surface area contributed by atoms with Crippen LogP contribution >= 0.6 is 22.6 Å². The topological polar surface area (TPSA) is 72.2 Å². The van der Waals surface area contributed by atoms with E-state index in [0.717, 1.165) is 4.43 Å². The lowest BCUT2D eigenvalue weighted by atomic mass is 10.1. The van der Waals surface area contributed by atoms with E-state index in [4.69, 9.17) is 0 Å². The minimum absolute atomic E-state index is 0.0258. The maximum Gasteiger partial charge on any atom is 0.273 e. The first kappa shape index (κ1) is 12.9. The number of hydrogen-bond acceptors (Lipinski definition) is 3. The third-order valence-corrected chi connectivity index (χ3v) is 2.67. The molecule has 0 unspecified atom stereocenters. The van der Waals surface area contributed by atoms with Crippen LogP contribution in [0.3, 0.4) is 0 Å². The first-order chi connectivity index (χ1) is 7.57. The van der Waals surface area contributed by atoms with E-state index < -0.39 is 4.92 Å². The highest BCUT2D eigenvalue weighted by Gasteiger charge is 2.17. The predicted molar refractivity (Wildman–Crippen MR) is 69.1 cm³/mol. The van der Waals surface area contributed by atoms with Crippen LogP contribution in [0, 0.1) is 17.0 Å². The molecule has 0 atom stereocenters. The Bertz CT molecular complexity index is 421. The minimum Gasteiger partial charge on any atom is -0.351 e. The summed E-state index contributed by atoms with van der Waals surface area (Å²) in [4.78, 5) is 21.9. The van der Waals surface area contributed by atoms with Gasteiger partial charge in [0.25, 0.3) is 11.6 Å². The molecule has 0 spiro atoms. The van der Waals surface area contributed by atoms with Gasteiger partial charge in [0.1, 0.15) is 0 Å². The Hall–Kier alpha value is -1.18. The van der Waals surface area contributed by atoms with Gasteiger partial charge in [-0.25, -0.2) is 0 Å². The average molecular weight is 334 g/mol. The van der Waals surface area contributed by atoms with Gasteiger partial charge in [-0.1, -0.05) is 28.7 Å². The van der Waals surface area contributed by atoms with Gasteiger partial charge in [0.2, 0.25) is 0 Å². The largest absolute Gasteiger partial charge is 0.351 e. The number of alkyl halides is 1. The zero-order chi connectivity index (χ0) is 12.1. The van der Waals surface area contributed by atoms with Crippen LogP contribution in [0.15, 0.2) is 18.2 Å². The Morgan fingerprint density at radius 3 is 2.81 bits per heavy atom. The van der Waals surface area contributed by atoms with Crippen molar-refractivity contribution in [2.45, 2.75) is 6.92 Å². The Labute approximate surface area is 107 Å². The van der Waals surface area contributed by atoms with E-state index in [1.807, 2.05) is 0 Å². The highest BCUT2D eigenvalue weighted by molar-refractivity contribution is 14.1. The molecule has 16 heavy (non-hydrogen) atoms. The van der Waals surface area contributed by atoms with Gasteiger partial charge in [0.05, 0.1) is 4.92 Å². The second-order valence-corrected chi connectivity index (χ2v) is 4.23. The summed E-state index contributed by atoms with van der Waals surface area (Å²) in [6.07, 6.45) is 0. The van der Waals surface area contributed by atoms with Crippen molar-refractivity contribution in [2.24, 2.45) is 0 Å². The second-order valence-electron chi connectivity index (χ2n) is 3.15.